The molecule has 1 spiro atoms. The molecule has 1 aromatic heterocycles. The fourth-order valence-electron chi connectivity index (χ4n) is 4.04. The van der Waals surface area contributed by atoms with Crippen molar-refractivity contribution in [1.29, 1.82) is 0 Å². The van der Waals surface area contributed by atoms with Crippen molar-refractivity contribution in [1.82, 2.24) is 14.8 Å². The summed E-state index contributed by atoms with van der Waals surface area (Å²) in [7, 11) is 0. The number of carbonyl (C=O) groups excluding carboxylic acids is 3. The molecule has 6 nitrogen and oxygen atoms in total. The van der Waals surface area contributed by atoms with Gasteiger partial charge in [-0.25, -0.2) is 4.79 Å². The van der Waals surface area contributed by atoms with E-state index in [0.29, 0.717) is 24.9 Å². The average molecular weight is 343 g/mol. The lowest BCUT2D eigenvalue weighted by Gasteiger charge is -2.30. The Labute approximate surface area is 147 Å². The lowest BCUT2D eigenvalue weighted by Crippen LogP contribution is -2.48. The van der Waals surface area contributed by atoms with Crippen molar-refractivity contribution in [3.63, 3.8) is 0 Å². The lowest BCUT2D eigenvalue weighted by atomic mass is 9.82. The molecule has 0 bridgehead atoms. The predicted octanol–water partition coefficient (Wildman–Crippen LogP) is 2.73. The zero-order chi connectivity index (χ0) is 18.2. The number of rotatable bonds is 5. The maximum Gasteiger partial charge on any atom is 0.325 e. The molecule has 25 heavy (non-hydrogen) atoms. The summed E-state index contributed by atoms with van der Waals surface area (Å²) in [6.45, 7) is 7.95. The van der Waals surface area contributed by atoms with E-state index in [4.69, 9.17) is 0 Å². The van der Waals surface area contributed by atoms with Gasteiger partial charge in [0.05, 0.1) is 6.54 Å². The van der Waals surface area contributed by atoms with Crippen LogP contribution in [0.3, 0.4) is 0 Å². The number of carbonyl (C=O) groups is 3. The largest absolute Gasteiger partial charge is 0.345 e. The first-order valence-electron chi connectivity index (χ1n) is 8.84. The normalized spacial score (nSPS) is 19.4. The molecule has 0 radical (unpaired) electrons. The second-order valence-electron chi connectivity index (χ2n) is 7.07. The van der Waals surface area contributed by atoms with E-state index >= 15 is 0 Å². The van der Waals surface area contributed by atoms with Gasteiger partial charge in [-0.1, -0.05) is 25.3 Å². The number of nitrogens with zero attached hydrogens (tertiary/aromatic N) is 2. The Morgan fingerprint density at radius 1 is 1.28 bits per heavy atom. The van der Waals surface area contributed by atoms with Gasteiger partial charge in [0.1, 0.15) is 5.54 Å². The maximum atomic E-state index is 12.8. The van der Waals surface area contributed by atoms with Crippen molar-refractivity contribution in [2.45, 2.75) is 58.0 Å². The van der Waals surface area contributed by atoms with Gasteiger partial charge >= 0.3 is 6.03 Å². The van der Waals surface area contributed by atoms with E-state index in [1.807, 2.05) is 24.5 Å². The molecule has 0 aromatic carbocycles. The number of urea groups is 1. The zero-order valence-corrected chi connectivity index (χ0v) is 14.9. The van der Waals surface area contributed by atoms with E-state index in [2.05, 4.69) is 11.9 Å². The molecule has 1 aliphatic heterocycles. The van der Waals surface area contributed by atoms with Gasteiger partial charge in [0, 0.05) is 23.5 Å². The Morgan fingerprint density at radius 3 is 2.60 bits per heavy atom. The topological polar surface area (TPSA) is 71.4 Å². The number of nitrogens with one attached hydrogen (secondary N) is 1. The number of aromatic nitrogens is 1. The van der Waals surface area contributed by atoms with E-state index in [1.54, 1.807) is 6.08 Å². The fraction of sp³-hybridized carbons (Fsp3) is 0.526. The minimum absolute atomic E-state index is 0.204. The molecule has 1 N–H and O–H groups in total. The van der Waals surface area contributed by atoms with E-state index < -0.39 is 11.6 Å². The number of imide groups is 1. The molecular weight excluding hydrogens is 318 g/mol. The molecule has 1 saturated carbocycles. The van der Waals surface area contributed by atoms with Crippen LogP contribution in [0.4, 0.5) is 4.79 Å². The van der Waals surface area contributed by atoms with Crippen molar-refractivity contribution < 1.29 is 14.4 Å². The van der Waals surface area contributed by atoms with Gasteiger partial charge < -0.3 is 9.88 Å². The quantitative estimate of drug-likeness (QED) is 0.508. The highest BCUT2D eigenvalue weighted by molar-refractivity contribution is 6.11. The third-order valence-electron chi connectivity index (χ3n) is 5.44. The lowest BCUT2D eigenvalue weighted by molar-refractivity contribution is -0.132. The van der Waals surface area contributed by atoms with Crippen molar-refractivity contribution in [3.05, 3.63) is 35.7 Å². The molecule has 3 amide bonds. The van der Waals surface area contributed by atoms with Crippen molar-refractivity contribution in [3.8, 4) is 0 Å². The molecule has 1 saturated heterocycles. The second-order valence-corrected chi connectivity index (χ2v) is 7.07. The summed E-state index contributed by atoms with van der Waals surface area (Å²) in [4.78, 5) is 38.9. The number of hydrogen-bond donors (Lipinski definition) is 1. The molecule has 2 fully saturated rings. The van der Waals surface area contributed by atoms with Gasteiger partial charge in [-0.05, 0) is 32.8 Å². The van der Waals surface area contributed by atoms with Gasteiger partial charge in [0.2, 0.25) is 0 Å². The first-order valence-corrected chi connectivity index (χ1v) is 8.84. The van der Waals surface area contributed by atoms with Crippen LogP contribution in [-0.2, 0) is 11.3 Å². The number of ketones is 1. The van der Waals surface area contributed by atoms with E-state index in [-0.39, 0.29) is 18.2 Å². The SMILES string of the molecule is C=CCn1c(C)cc(C(=O)CN2C(=O)NC3(CCCCC3)C2=O)c1C. The molecule has 1 aliphatic carbocycles. The maximum absolute atomic E-state index is 12.8. The summed E-state index contributed by atoms with van der Waals surface area (Å²) >= 11 is 0. The molecule has 1 aromatic rings. The summed E-state index contributed by atoms with van der Waals surface area (Å²) in [5, 5.41) is 2.84. The Balaban J connectivity index is 1.79. The molecule has 134 valence electrons. The van der Waals surface area contributed by atoms with Gasteiger partial charge in [0.25, 0.3) is 5.91 Å². The number of aryl methyl sites for hydroxylation is 1. The summed E-state index contributed by atoms with van der Waals surface area (Å²) in [5.74, 6) is -0.453. The van der Waals surface area contributed by atoms with Crippen LogP contribution in [0.25, 0.3) is 0 Å². The van der Waals surface area contributed by atoms with Crippen molar-refractivity contribution >= 4 is 17.7 Å². The zero-order valence-electron chi connectivity index (χ0n) is 14.9. The Kier molecular flexibility index (Phi) is 4.54. The number of Topliss-reactive ketones (excluding diaryl/α,β-unsaturated/α-hetero) is 1. The van der Waals surface area contributed by atoms with Gasteiger partial charge in [-0.2, -0.15) is 0 Å². The fourth-order valence-corrected chi connectivity index (χ4v) is 4.04. The Bertz CT molecular complexity index is 741. The molecule has 2 heterocycles. The number of hydrogen-bond acceptors (Lipinski definition) is 3. The van der Waals surface area contributed by atoms with E-state index in [9.17, 15) is 14.4 Å². The van der Waals surface area contributed by atoms with Crippen LogP contribution in [0.5, 0.6) is 0 Å². The van der Waals surface area contributed by atoms with Crippen LogP contribution >= 0.6 is 0 Å². The van der Waals surface area contributed by atoms with Crippen LogP contribution in [0.1, 0.15) is 53.8 Å². The molecular formula is C19H25N3O3. The van der Waals surface area contributed by atoms with Crippen molar-refractivity contribution in [2.24, 2.45) is 0 Å². The highest BCUT2D eigenvalue weighted by atomic mass is 16.2. The summed E-state index contributed by atoms with van der Waals surface area (Å²) in [5.41, 5.74) is 1.57. The minimum Gasteiger partial charge on any atom is -0.345 e. The predicted molar refractivity (Wildman–Crippen MR) is 94.5 cm³/mol. The van der Waals surface area contributed by atoms with Crippen LogP contribution < -0.4 is 5.32 Å². The Hall–Kier alpha value is -2.37. The molecule has 6 heteroatoms. The van der Waals surface area contributed by atoms with Crippen LogP contribution in [0.15, 0.2) is 18.7 Å². The average Bonchev–Trinajstić information content (AvgIpc) is 2.99. The summed E-state index contributed by atoms with van der Waals surface area (Å²) in [6.07, 6.45) is 6.04. The first kappa shape index (κ1) is 17.5. The third kappa shape index (κ3) is 2.90. The standard InChI is InChI=1S/C19H25N3O3/c1-4-10-21-13(2)11-15(14(21)3)16(23)12-22-17(24)19(20-18(22)25)8-6-5-7-9-19/h4,11H,1,5-10,12H2,2-3H3,(H,20,25). The van der Waals surface area contributed by atoms with Gasteiger partial charge in [-0.15, -0.1) is 6.58 Å². The molecule has 0 unspecified atom stereocenters. The van der Waals surface area contributed by atoms with Crippen LogP contribution in [0, 0.1) is 13.8 Å². The monoisotopic (exact) mass is 343 g/mol. The van der Waals surface area contributed by atoms with Crippen LogP contribution in [-0.4, -0.2) is 39.3 Å². The second kappa shape index (κ2) is 6.50. The van der Waals surface area contributed by atoms with Gasteiger partial charge in [0.15, 0.2) is 5.78 Å². The third-order valence-corrected chi connectivity index (χ3v) is 5.44. The smallest absolute Gasteiger partial charge is 0.325 e. The van der Waals surface area contributed by atoms with E-state index in [1.165, 1.54) is 0 Å². The van der Waals surface area contributed by atoms with E-state index in [0.717, 1.165) is 35.6 Å². The number of allylic oxidation sites excluding steroid dienone is 1. The highest BCUT2D eigenvalue weighted by Crippen LogP contribution is 2.33. The minimum atomic E-state index is -0.782. The summed E-state index contributed by atoms with van der Waals surface area (Å²) < 4.78 is 1.99. The van der Waals surface area contributed by atoms with Crippen molar-refractivity contribution in [2.75, 3.05) is 6.54 Å². The van der Waals surface area contributed by atoms with Crippen LogP contribution in [0.2, 0.25) is 0 Å². The summed E-state index contributed by atoms with van der Waals surface area (Å²) in [6, 6.07) is 1.37. The molecule has 0 atom stereocenters. The molecule has 3 rings (SSSR count). The van der Waals surface area contributed by atoms with Gasteiger partial charge in [-0.3, -0.25) is 14.5 Å². The number of amides is 3. The highest BCUT2D eigenvalue weighted by Gasteiger charge is 2.51. The molecule has 2 aliphatic rings. The first-order chi connectivity index (χ1) is 11.9. The Morgan fingerprint density at radius 2 is 1.96 bits per heavy atom.